The van der Waals surface area contributed by atoms with Crippen LogP contribution in [0.3, 0.4) is 0 Å². The Bertz CT molecular complexity index is 1920. The molecule has 1 amide bonds. The predicted octanol–water partition coefficient (Wildman–Crippen LogP) is 6.85. The number of carbonyl (C=O) groups excluding carboxylic acids is 3. The number of ether oxygens (including phenoxy) is 4. The van der Waals surface area contributed by atoms with Crippen molar-refractivity contribution >= 4 is 40.1 Å². The van der Waals surface area contributed by atoms with Crippen LogP contribution in [0.2, 0.25) is 0 Å². The van der Waals surface area contributed by atoms with Crippen molar-refractivity contribution in [3.05, 3.63) is 89.1 Å². The molecule has 0 saturated carbocycles. The molecular formula is C36H36F6N4O7. The number of esters is 2. The summed E-state index contributed by atoms with van der Waals surface area (Å²) >= 11 is 0. The fraction of sp³-hybridized carbons (Fsp3) is 0.333. The summed E-state index contributed by atoms with van der Waals surface area (Å²) in [5, 5.41) is 6.55. The SMILES string of the molecule is CCOc1cc2ncc(C(N)=O)c(Nc3cccc(CNC(COC(=O)C(F)(F)F)C(OC(=O)C(F)(F)F)c4ccccc4)c3CC)c2cc1OCC. The highest BCUT2D eigenvalue weighted by Crippen LogP contribution is 2.38. The minimum Gasteiger partial charge on any atom is -0.490 e. The van der Waals surface area contributed by atoms with Crippen molar-refractivity contribution in [1.82, 2.24) is 10.3 Å². The molecule has 0 aliphatic carbocycles. The average Bonchev–Trinajstić information content (AvgIpc) is 3.10. The van der Waals surface area contributed by atoms with Crippen molar-refractivity contribution in [2.45, 2.75) is 58.2 Å². The molecule has 0 aliphatic heterocycles. The lowest BCUT2D eigenvalue weighted by Gasteiger charge is -2.29. The number of carbonyl (C=O) groups is 3. The van der Waals surface area contributed by atoms with Gasteiger partial charge in [-0.2, -0.15) is 26.3 Å². The Morgan fingerprint density at radius 1 is 0.849 bits per heavy atom. The van der Waals surface area contributed by atoms with Crippen LogP contribution in [0.25, 0.3) is 10.9 Å². The van der Waals surface area contributed by atoms with Crippen molar-refractivity contribution in [3.8, 4) is 11.5 Å². The molecule has 11 nitrogen and oxygen atoms in total. The van der Waals surface area contributed by atoms with E-state index in [-0.39, 0.29) is 23.4 Å². The zero-order valence-corrected chi connectivity index (χ0v) is 28.7. The first kappa shape index (κ1) is 40.2. The molecule has 17 heteroatoms. The van der Waals surface area contributed by atoms with E-state index in [1.807, 2.05) is 0 Å². The summed E-state index contributed by atoms with van der Waals surface area (Å²) in [6, 6.07) is 13.7. The van der Waals surface area contributed by atoms with Crippen molar-refractivity contribution in [3.63, 3.8) is 0 Å². The number of primary amides is 1. The first-order valence-corrected chi connectivity index (χ1v) is 16.3. The molecule has 0 radical (unpaired) electrons. The van der Waals surface area contributed by atoms with Gasteiger partial charge in [0.2, 0.25) is 0 Å². The summed E-state index contributed by atoms with van der Waals surface area (Å²) in [7, 11) is 0. The lowest BCUT2D eigenvalue weighted by Crippen LogP contribution is -2.43. The van der Waals surface area contributed by atoms with Crippen LogP contribution in [0.1, 0.15) is 53.9 Å². The molecule has 0 aliphatic rings. The predicted molar refractivity (Wildman–Crippen MR) is 181 cm³/mol. The molecule has 0 spiro atoms. The van der Waals surface area contributed by atoms with E-state index in [1.165, 1.54) is 36.5 Å². The maximum atomic E-state index is 13.3. The van der Waals surface area contributed by atoms with Crippen LogP contribution in [0.4, 0.5) is 37.7 Å². The smallest absolute Gasteiger partial charge is 0.490 e. The monoisotopic (exact) mass is 750 g/mol. The van der Waals surface area contributed by atoms with Crippen LogP contribution < -0.4 is 25.8 Å². The number of nitrogens with two attached hydrogens (primary N) is 1. The standard InChI is InChI=1S/C36H36F6N4O7/c1-4-22-21(17-44-27(19-52-33(48)35(37,38)39)31(20-11-8-7-9-12-20)53-34(49)36(40,41)42)13-10-14-25(22)46-30-23-15-28(50-5-2)29(51-6-3)16-26(23)45-18-24(30)32(43)47/h7-16,18,27,31,44H,4-6,17,19H2,1-3H3,(H2,43,47)(H,45,46). The van der Waals surface area contributed by atoms with Gasteiger partial charge < -0.3 is 35.3 Å². The molecule has 1 aromatic heterocycles. The fourth-order valence-electron chi connectivity index (χ4n) is 5.48. The van der Waals surface area contributed by atoms with Gasteiger partial charge in [-0.05, 0) is 49.1 Å². The quantitative estimate of drug-likeness (QED) is 0.0820. The lowest BCUT2D eigenvalue weighted by atomic mass is 9.99. The van der Waals surface area contributed by atoms with Gasteiger partial charge in [-0.1, -0.05) is 49.4 Å². The van der Waals surface area contributed by atoms with E-state index in [0.717, 1.165) is 0 Å². The van der Waals surface area contributed by atoms with Gasteiger partial charge in [-0.15, -0.1) is 0 Å². The van der Waals surface area contributed by atoms with Crippen molar-refractivity contribution in [2.75, 3.05) is 25.1 Å². The van der Waals surface area contributed by atoms with Gasteiger partial charge in [-0.3, -0.25) is 9.78 Å². The summed E-state index contributed by atoms with van der Waals surface area (Å²) in [6.45, 7) is 4.70. The van der Waals surface area contributed by atoms with Crippen molar-refractivity contribution < 1.29 is 59.7 Å². The molecule has 1 heterocycles. The number of aromatic nitrogens is 1. The first-order chi connectivity index (χ1) is 25.1. The molecule has 2 unspecified atom stereocenters. The minimum atomic E-state index is -5.44. The van der Waals surface area contributed by atoms with Gasteiger partial charge in [0.05, 0.1) is 36.0 Å². The third-order valence-electron chi connectivity index (χ3n) is 7.82. The molecule has 3 aromatic carbocycles. The van der Waals surface area contributed by atoms with E-state index < -0.39 is 49.0 Å². The Hall–Kier alpha value is -5.58. The number of hydrogen-bond acceptors (Lipinski definition) is 10. The molecule has 4 N–H and O–H groups in total. The Labute approximate surface area is 299 Å². The second-order valence-electron chi connectivity index (χ2n) is 11.3. The number of amides is 1. The molecular weight excluding hydrogens is 714 g/mol. The van der Waals surface area contributed by atoms with Gasteiger partial charge >= 0.3 is 24.3 Å². The molecule has 4 rings (SSSR count). The van der Waals surface area contributed by atoms with Crippen LogP contribution >= 0.6 is 0 Å². The summed E-state index contributed by atoms with van der Waals surface area (Å²) in [5.74, 6) is -5.16. The Kier molecular flexibility index (Phi) is 13.1. The van der Waals surface area contributed by atoms with Gasteiger partial charge in [0.15, 0.2) is 11.5 Å². The van der Waals surface area contributed by atoms with E-state index in [9.17, 15) is 40.7 Å². The molecule has 0 fully saturated rings. The molecule has 0 saturated heterocycles. The van der Waals surface area contributed by atoms with Crippen LogP contribution in [0.15, 0.2) is 66.9 Å². The van der Waals surface area contributed by atoms with E-state index >= 15 is 0 Å². The molecule has 0 bridgehead atoms. The summed E-state index contributed by atoms with van der Waals surface area (Å²) in [6.07, 6.45) is -11.0. The summed E-state index contributed by atoms with van der Waals surface area (Å²) < 4.78 is 99.9. The number of nitrogens with zero attached hydrogens (tertiary/aromatic N) is 1. The second kappa shape index (κ2) is 17.3. The molecule has 53 heavy (non-hydrogen) atoms. The van der Waals surface area contributed by atoms with Crippen LogP contribution in [-0.2, 0) is 32.0 Å². The number of hydrogen-bond donors (Lipinski definition) is 3. The van der Waals surface area contributed by atoms with E-state index in [0.29, 0.717) is 58.9 Å². The number of halogens is 6. The highest BCUT2D eigenvalue weighted by atomic mass is 19.4. The summed E-state index contributed by atoms with van der Waals surface area (Å²) in [4.78, 5) is 40.6. The highest BCUT2D eigenvalue weighted by Gasteiger charge is 2.45. The topological polar surface area (TPSA) is 151 Å². The Morgan fingerprint density at radius 2 is 1.49 bits per heavy atom. The molecule has 4 aromatic rings. The van der Waals surface area contributed by atoms with Gasteiger partial charge in [-0.25, -0.2) is 9.59 Å². The lowest BCUT2D eigenvalue weighted by molar-refractivity contribution is -0.210. The second-order valence-corrected chi connectivity index (χ2v) is 11.3. The third-order valence-corrected chi connectivity index (χ3v) is 7.82. The Morgan fingerprint density at radius 3 is 2.08 bits per heavy atom. The number of fused-ring (bicyclic) bond motifs is 1. The summed E-state index contributed by atoms with van der Waals surface area (Å²) in [5.41, 5.74) is 8.07. The number of pyridine rings is 1. The van der Waals surface area contributed by atoms with Crippen molar-refractivity contribution in [2.24, 2.45) is 5.73 Å². The number of benzene rings is 3. The number of alkyl halides is 6. The normalized spacial score (nSPS) is 12.8. The largest absolute Gasteiger partial charge is 0.490 e. The van der Waals surface area contributed by atoms with Crippen LogP contribution in [0.5, 0.6) is 11.5 Å². The Balaban J connectivity index is 1.75. The maximum Gasteiger partial charge on any atom is 0.490 e. The van der Waals surface area contributed by atoms with Crippen LogP contribution in [-0.4, -0.2) is 61.0 Å². The van der Waals surface area contributed by atoms with Gasteiger partial charge in [0.1, 0.15) is 12.7 Å². The van der Waals surface area contributed by atoms with Gasteiger partial charge in [0.25, 0.3) is 5.91 Å². The fourth-order valence-corrected chi connectivity index (χ4v) is 5.48. The molecule has 2 atom stereocenters. The van der Waals surface area contributed by atoms with Gasteiger partial charge in [0, 0.05) is 29.9 Å². The number of nitrogens with one attached hydrogen (secondary N) is 2. The maximum absolute atomic E-state index is 13.3. The molecule has 284 valence electrons. The van der Waals surface area contributed by atoms with E-state index in [1.54, 1.807) is 51.1 Å². The zero-order valence-electron chi connectivity index (χ0n) is 28.7. The van der Waals surface area contributed by atoms with E-state index in [4.69, 9.17) is 19.9 Å². The number of anilines is 2. The van der Waals surface area contributed by atoms with Crippen LogP contribution in [0, 0.1) is 0 Å². The first-order valence-electron chi connectivity index (χ1n) is 16.3. The van der Waals surface area contributed by atoms with E-state index in [2.05, 4.69) is 20.4 Å². The average molecular weight is 751 g/mol. The zero-order chi connectivity index (χ0) is 38.9. The third kappa shape index (κ3) is 10.1. The minimum absolute atomic E-state index is 0.0146. The van der Waals surface area contributed by atoms with Crippen molar-refractivity contribution in [1.29, 1.82) is 0 Å². The number of rotatable bonds is 16. The highest BCUT2D eigenvalue weighted by molar-refractivity contribution is 6.08.